The lowest BCUT2D eigenvalue weighted by atomic mass is 10.0. The Bertz CT molecular complexity index is 2530. The number of primary amides is 1. The Hall–Kier alpha value is -6.70. The van der Waals surface area contributed by atoms with Gasteiger partial charge in [-0.1, -0.05) is 82.3 Å². The molecule has 0 spiro atoms. The summed E-state index contributed by atoms with van der Waals surface area (Å²) in [4.78, 5) is 115. The fourth-order valence-corrected chi connectivity index (χ4v) is 10.2. The minimum atomic E-state index is -1.72. The number of amides is 8. The number of phenols is 1. The number of nitrogens with one attached hydrogen (secondary N) is 8. The number of rotatable bonds is 17. The van der Waals surface area contributed by atoms with Crippen molar-refractivity contribution < 1.29 is 53.7 Å². The Balaban J connectivity index is 1.57. The summed E-state index contributed by atoms with van der Waals surface area (Å²) in [5, 5.41) is 50.0. The number of carbonyl (C=O) groups is 8. The Morgan fingerprint density at radius 3 is 2.00 bits per heavy atom. The first-order valence-corrected chi connectivity index (χ1v) is 26.2. The van der Waals surface area contributed by atoms with Crippen LogP contribution in [0.5, 0.6) is 5.75 Å². The molecule has 8 amide bonds. The molecule has 2 heterocycles. The van der Waals surface area contributed by atoms with Crippen molar-refractivity contribution in [2.45, 2.75) is 113 Å². The van der Waals surface area contributed by atoms with E-state index in [-0.39, 0.29) is 49.5 Å². The Morgan fingerprint density at radius 1 is 0.726 bits per heavy atom. The molecule has 4 aromatic rings. The SMILES string of the molecule is C[C@@H](O)C1NC(=O)[C@H](CCCCN)NC(=O)[C@@H](Cc2c[nH]c3ccccc23)NC(=O)C(Cc2ccccc2)NC(=O)[C@@H](NC(=O)[C@@H](N)Cc2ccc(O)cc2)CSSCC(C(=O)N[C@H](C(N)=O)[C@@H](C)O)NC1=O. The zero-order valence-corrected chi connectivity index (χ0v) is 42.0. The summed E-state index contributed by atoms with van der Waals surface area (Å²) in [5.41, 5.74) is 20.2. The normalized spacial score (nSPS) is 22.5. The maximum Gasteiger partial charge on any atom is 0.245 e. The summed E-state index contributed by atoms with van der Waals surface area (Å²) in [6.45, 7) is 2.68. The molecule has 3 aromatic carbocycles. The van der Waals surface area contributed by atoms with Crippen LogP contribution in [0.1, 0.15) is 49.8 Å². The molecule has 0 saturated carbocycles. The highest BCUT2D eigenvalue weighted by molar-refractivity contribution is 8.76. The maximum atomic E-state index is 14.7. The van der Waals surface area contributed by atoms with E-state index >= 15 is 0 Å². The fraction of sp³-hybridized carbons (Fsp3) is 0.429. The van der Waals surface area contributed by atoms with Crippen LogP contribution < -0.4 is 54.4 Å². The van der Waals surface area contributed by atoms with Crippen molar-refractivity contribution in [1.82, 2.24) is 42.2 Å². The molecule has 5 rings (SSSR count). The highest BCUT2D eigenvalue weighted by Crippen LogP contribution is 2.24. The van der Waals surface area contributed by atoms with Gasteiger partial charge in [-0.15, -0.1) is 0 Å². The quantitative estimate of drug-likeness (QED) is 0.0418. The minimum Gasteiger partial charge on any atom is -0.508 e. The Kier molecular flexibility index (Phi) is 21.9. The lowest BCUT2D eigenvalue weighted by Gasteiger charge is -2.29. The number of aliphatic hydroxyl groups is 2. The number of fused-ring (bicyclic) bond motifs is 1. The molecule has 0 bridgehead atoms. The van der Waals surface area contributed by atoms with Gasteiger partial charge in [0.1, 0.15) is 48.0 Å². The standard InChI is InChI=1S/C49H65N11O11S2/c1-26(61)40(42(52)64)59-48(70)39-25-73-72-24-38(57-43(65)33(51)20-29-15-17-31(63)18-16-29)47(69)55-36(21-28-10-4-3-5-11-28)45(67)56-37(22-30-23-53-34-13-7-6-12-32(30)34)46(68)54-35(14-8-9-19-50)44(66)60-41(27(2)62)49(71)58-39/h3-7,10-13,15-18,23,26-27,33,35-41,53,61-63H,8-9,14,19-22,24-25,50-51H2,1-2H3,(H2,52,64)(H,54,68)(H,55,69)(H,56,67)(H,57,65)(H,58,71)(H,59,70)(H,60,66)/t26-,27-,33+,35+,36?,37-,38+,39?,40+,41?/m1/s1. The third kappa shape index (κ3) is 17.2. The molecule has 1 saturated heterocycles. The number of hydrogen-bond acceptors (Lipinski definition) is 15. The number of aromatic amines is 1. The molecular weight excluding hydrogens is 983 g/mol. The van der Waals surface area contributed by atoms with Gasteiger partial charge in [-0.3, -0.25) is 38.4 Å². The van der Waals surface area contributed by atoms with Gasteiger partial charge < -0.3 is 74.7 Å². The van der Waals surface area contributed by atoms with Crippen molar-refractivity contribution in [3.05, 3.63) is 102 Å². The van der Waals surface area contributed by atoms with Crippen LogP contribution in [0.15, 0.2) is 85.1 Å². The smallest absolute Gasteiger partial charge is 0.245 e. The number of nitrogens with two attached hydrogens (primary N) is 3. The monoisotopic (exact) mass is 1050 g/mol. The first kappa shape index (κ1) is 57.2. The minimum absolute atomic E-state index is 0.00180. The Morgan fingerprint density at radius 2 is 1.34 bits per heavy atom. The van der Waals surface area contributed by atoms with Crippen molar-refractivity contribution in [3.63, 3.8) is 0 Å². The van der Waals surface area contributed by atoms with Gasteiger partial charge >= 0.3 is 0 Å². The predicted molar refractivity (Wildman–Crippen MR) is 276 cm³/mol. The molecule has 1 fully saturated rings. The third-order valence-electron chi connectivity index (χ3n) is 11.9. The molecule has 394 valence electrons. The highest BCUT2D eigenvalue weighted by Gasteiger charge is 2.37. The summed E-state index contributed by atoms with van der Waals surface area (Å²) >= 11 is 0. The Labute approximate surface area is 429 Å². The first-order valence-electron chi connectivity index (χ1n) is 23.7. The van der Waals surface area contributed by atoms with E-state index in [1.54, 1.807) is 54.7 Å². The van der Waals surface area contributed by atoms with E-state index in [9.17, 15) is 53.7 Å². The number of carbonyl (C=O) groups excluding carboxylic acids is 8. The largest absolute Gasteiger partial charge is 0.508 e. The second-order valence-corrected chi connectivity index (χ2v) is 20.3. The van der Waals surface area contributed by atoms with Gasteiger partial charge in [0.25, 0.3) is 0 Å². The molecule has 0 aliphatic carbocycles. The molecule has 17 N–H and O–H groups in total. The topological polar surface area (TPSA) is 375 Å². The second kappa shape index (κ2) is 27.9. The number of unbranched alkanes of at least 4 members (excludes halogenated alkanes) is 1. The van der Waals surface area contributed by atoms with E-state index in [4.69, 9.17) is 17.2 Å². The number of aromatic hydroxyl groups is 1. The average Bonchev–Trinajstić information content (AvgIpc) is 3.77. The second-order valence-electron chi connectivity index (χ2n) is 17.7. The molecular formula is C49H65N11O11S2. The van der Waals surface area contributed by atoms with E-state index in [0.29, 0.717) is 29.5 Å². The van der Waals surface area contributed by atoms with Crippen LogP contribution in [-0.4, -0.2) is 146 Å². The van der Waals surface area contributed by atoms with E-state index in [2.05, 4.69) is 42.2 Å². The zero-order chi connectivity index (χ0) is 53.2. The van der Waals surface area contributed by atoms with Crippen LogP contribution in [0.3, 0.4) is 0 Å². The molecule has 3 unspecified atom stereocenters. The van der Waals surface area contributed by atoms with Crippen molar-refractivity contribution in [2.75, 3.05) is 18.1 Å². The summed E-state index contributed by atoms with van der Waals surface area (Å²) in [6.07, 6.45) is -0.766. The van der Waals surface area contributed by atoms with Crippen molar-refractivity contribution in [2.24, 2.45) is 17.2 Å². The fourth-order valence-electron chi connectivity index (χ4n) is 7.83. The molecule has 1 aliphatic rings. The summed E-state index contributed by atoms with van der Waals surface area (Å²) in [6, 6.07) is 10.5. The molecule has 73 heavy (non-hydrogen) atoms. The number of hydrogen-bond donors (Lipinski definition) is 14. The third-order valence-corrected chi connectivity index (χ3v) is 14.3. The van der Waals surface area contributed by atoms with E-state index < -0.39 is 108 Å². The van der Waals surface area contributed by atoms with Gasteiger partial charge in [0.2, 0.25) is 47.3 Å². The number of phenolic OH excluding ortho intramolecular Hbond substituents is 1. The molecule has 22 nitrogen and oxygen atoms in total. The number of benzene rings is 3. The number of para-hydroxylation sites is 1. The van der Waals surface area contributed by atoms with Crippen molar-refractivity contribution >= 4 is 79.7 Å². The summed E-state index contributed by atoms with van der Waals surface area (Å²) in [5.74, 6) is -7.74. The van der Waals surface area contributed by atoms with Gasteiger partial charge in [0.05, 0.1) is 18.2 Å². The van der Waals surface area contributed by atoms with E-state index in [1.165, 1.54) is 26.0 Å². The van der Waals surface area contributed by atoms with Crippen LogP contribution in [0.2, 0.25) is 0 Å². The van der Waals surface area contributed by atoms with Gasteiger partial charge in [0, 0.05) is 41.4 Å². The average molecular weight is 1050 g/mol. The molecule has 0 radical (unpaired) electrons. The van der Waals surface area contributed by atoms with Crippen molar-refractivity contribution in [1.29, 1.82) is 0 Å². The first-order chi connectivity index (χ1) is 34.8. The van der Waals surface area contributed by atoms with Crippen molar-refractivity contribution in [3.8, 4) is 5.75 Å². The number of H-pyrrole nitrogens is 1. The van der Waals surface area contributed by atoms with Crippen LogP contribution in [-0.2, 0) is 57.6 Å². The molecule has 10 atom stereocenters. The summed E-state index contributed by atoms with van der Waals surface area (Å²) < 4.78 is 0. The van der Waals surface area contributed by atoms with Gasteiger partial charge in [-0.05, 0) is 81.0 Å². The maximum absolute atomic E-state index is 14.7. The predicted octanol–water partition coefficient (Wildman–Crippen LogP) is -1.61. The lowest BCUT2D eigenvalue weighted by Crippen LogP contribution is -2.62. The highest BCUT2D eigenvalue weighted by atomic mass is 33.1. The molecule has 1 aliphatic heterocycles. The molecule has 1 aromatic heterocycles. The van der Waals surface area contributed by atoms with E-state index in [1.807, 2.05) is 18.2 Å². The van der Waals surface area contributed by atoms with Gasteiger partial charge in [-0.2, -0.15) is 0 Å². The van der Waals surface area contributed by atoms with Crippen LogP contribution in [0.4, 0.5) is 0 Å². The van der Waals surface area contributed by atoms with Gasteiger partial charge in [-0.25, -0.2) is 0 Å². The van der Waals surface area contributed by atoms with Crippen LogP contribution in [0.25, 0.3) is 10.9 Å². The number of aliphatic hydroxyl groups excluding tert-OH is 2. The number of aromatic nitrogens is 1. The molecule has 24 heteroatoms. The van der Waals surface area contributed by atoms with Crippen LogP contribution >= 0.6 is 21.6 Å². The zero-order valence-electron chi connectivity index (χ0n) is 40.4. The summed E-state index contributed by atoms with van der Waals surface area (Å²) in [7, 11) is 1.92. The lowest BCUT2D eigenvalue weighted by molar-refractivity contribution is -0.137. The van der Waals surface area contributed by atoms with Crippen LogP contribution in [0, 0.1) is 0 Å². The van der Waals surface area contributed by atoms with E-state index in [0.717, 1.165) is 32.5 Å². The van der Waals surface area contributed by atoms with Gasteiger partial charge in [0.15, 0.2) is 0 Å².